The number of hydrogen-bond acceptors (Lipinski definition) is 3. The van der Waals surface area contributed by atoms with Gasteiger partial charge in [0.2, 0.25) is 0 Å². The molecule has 0 aliphatic rings. The lowest BCUT2D eigenvalue weighted by Crippen LogP contribution is -2.26. The average Bonchev–Trinajstić information content (AvgIpc) is 2.94. The second-order valence-electron chi connectivity index (χ2n) is 10.0. The summed E-state index contributed by atoms with van der Waals surface area (Å²) >= 11 is 0. The van der Waals surface area contributed by atoms with Crippen LogP contribution in [0, 0.1) is 6.92 Å². The molecule has 0 radical (unpaired) electrons. The molecule has 0 atom stereocenters. The van der Waals surface area contributed by atoms with Crippen molar-refractivity contribution < 1.29 is 14.6 Å². The number of carbonyl (C=O) groups excluding carboxylic acids is 1. The van der Waals surface area contributed by atoms with Gasteiger partial charge in [-0.2, -0.15) is 0 Å². The molecule has 0 bridgehead atoms. The largest absolute Gasteiger partial charge is 0.469 e. The lowest BCUT2D eigenvalue weighted by molar-refractivity contribution is -0.139. The summed E-state index contributed by atoms with van der Waals surface area (Å²) in [6.45, 7) is 10.7. The molecular weight excluding hydrogens is 456 g/mol. The third-order valence-electron chi connectivity index (χ3n) is 8.13. The van der Waals surface area contributed by atoms with Crippen molar-refractivity contribution >= 4 is 12.0 Å². The summed E-state index contributed by atoms with van der Waals surface area (Å²) in [6, 6.07) is 23.8. The normalized spacial score (nSPS) is 12.2. The van der Waals surface area contributed by atoms with Gasteiger partial charge in [-0.3, -0.25) is 4.79 Å². The van der Waals surface area contributed by atoms with Crippen LogP contribution in [0.2, 0.25) is 0 Å². The van der Waals surface area contributed by atoms with Gasteiger partial charge in [-0.05, 0) is 71.6 Å². The summed E-state index contributed by atoms with van der Waals surface area (Å²) in [5, 5.41) is 10.6. The number of esters is 1. The second kappa shape index (κ2) is 12.4. The Labute approximate surface area is 223 Å². The van der Waals surface area contributed by atoms with Gasteiger partial charge in [0, 0.05) is 5.41 Å². The predicted octanol–water partition coefficient (Wildman–Crippen LogP) is 8.05. The Kier molecular flexibility index (Phi) is 9.50. The first-order valence-electron chi connectivity index (χ1n) is 13.5. The van der Waals surface area contributed by atoms with E-state index in [2.05, 4.69) is 81.4 Å². The van der Waals surface area contributed by atoms with Crippen molar-refractivity contribution in [3.05, 3.63) is 101 Å². The van der Waals surface area contributed by atoms with Gasteiger partial charge >= 0.3 is 5.97 Å². The first-order valence-corrected chi connectivity index (χ1v) is 13.5. The number of hydrogen-bond donors (Lipinski definition) is 1. The monoisotopic (exact) mass is 498 g/mol. The highest BCUT2D eigenvalue weighted by molar-refractivity contribution is 5.73. The maximum absolute atomic E-state index is 11.5. The van der Waals surface area contributed by atoms with Crippen LogP contribution in [0.5, 0.6) is 0 Å². The van der Waals surface area contributed by atoms with Crippen LogP contribution in [0.25, 0.3) is 17.2 Å². The van der Waals surface area contributed by atoms with E-state index in [9.17, 15) is 9.90 Å². The van der Waals surface area contributed by atoms with E-state index in [0.717, 1.165) is 35.1 Å². The van der Waals surface area contributed by atoms with Gasteiger partial charge in [-0.25, -0.2) is 0 Å². The van der Waals surface area contributed by atoms with Crippen molar-refractivity contribution in [3.63, 3.8) is 0 Å². The van der Waals surface area contributed by atoms with E-state index >= 15 is 0 Å². The molecule has 0 amide bonds. The van der Waals surface area contributed by atoms with Crippen LogP contribution >= 0.6 is 0 Å². The van der Waals surface area contributed by atoms with E-state index in [1.165, 1.54) is 23.8 Å². The molecule has 0 heterocycles. The quantitative estimate of drug-likeness (QED) is 0.272. The molecule has 37 heavy (non-hydrogen) atoms. The maximum Gasteiger partial charge on any atom is 0.309 e. The van der Waals surface area contributed by atoms with Gasteiger partial charge in [0.1, 0.15) is 0 Å². The second-order valence-corrected chi connectivity index (χ2v) is 10.0. The van der Waals surface area contributed by atoms with Crippen molar-refractivity contribution in [2.45, 2.75) is 77.7 Å². The molecule has 0 saturated carbocycles. The molecule has 196 valence electrons. The van der Waals surface area contributed by atoms with Gasteiger partial charge in [-0.15, -0.1) is 0 Å². The van der Waals surface area contributed by atoms with E-state index in [1.807, 2.05) is 32.1 Å². The summed E-state index contributed by atoms with van der Waals surface area (Å²) in [7, 11) is 1.41. The molecule has 3 nitrogen and oxygen atoms in total. The van der Waals surface area contributed by atoms with Crippen LogP contribution < -0.4 is 0 Å². The first kappa shape index (κ1) is 28.4. The number of aliphatic hydroxyl groups is 1. The summed E-state index contributed by atoms with van der Waals surface area (Å²) in [4.78, 5) is 11.5. The zero-order chi connectivity index (χ0) is 27.1. The smallest absolute Gasteiger partial charge is 0.309 e. The van der Waals surface area contributed by atoms with Gasteiger partial charge < -0.3 is 9.84 Å². The standard InChI is InChI=1S/C34H42O3/c1-7-33(36,8-2)22-21-27-15-20-31(23-25(27)5)34(9-3,10-4)30-18-16-29(17-19-30)28-13-11-26(12-14-28)24-32(35)37-6/h11-23,36H,7-10,24H2,1-6H3. The van der Waals surface area contributed by atoms with Crippen molar-refractivity contribution in [2.75, 3.05) is 7.11 Å². The van der Waals surface area contributed by atoms with Gasteiger partial charge in [-0.1, -0.05) is 107 Å². The molecule has 1 N–H and O–H groups in total. The number of ether oxygens (including phenoxy) is 1. The number of methoxy groups -OCH3 is 1. The molecule has 0 saturated heterocycles. The summed E-state index contributed by atoms with van der Waals surface area (Å²) in [6.07, 6.45) is 7.73. The minimum absolute atomic E-state index is 0.0660. The Morgan fingerprint density at radius 1 is 0.811 bits per heavy atom. The van der Waals surface area contributed by atoms with Gasteiger partial charge in [0.15, 0.2) is 0 Å². The fraction of sp³-hybridized carbons (Fsp3) is 0.382. The summed E-state index contributed by atoms with van der Waals surface area (Å²) in [5.74, 6) is -0.227. The fourth-order valence-corrected chi connectivity index (χ4v) is 5.16. The van der Waals surface area contributed by atoms with Crippen LogP contribution in [-0.4, -0.2) is 23.8 Å². The van der Waals surface area contributed by atoms with Crippen LogP contribution in [-0.2, 0) is 21.4 Å². The van der Waals surface area contributed by atoms with Gasteiger partial charge in [0.05, 0.1) is 19.1 Å². The Morgan fingerprint density at radius 2 is 1.35 bits per heavy atom. The molecule has 3 rings (SSSR count). The maximum atomic E-state index is 11.5. The Balaban J connectivity index is 1.89. The molecule has 0 aliphatic heterocycles. The van der Waals surface area contributed by atoms with E-state index < -0.39 is 5.60 Å². The molecule has 0 spiro atoms. The highest BCUT2D eigenvalue weighted by Crippen LogP contribution is 2.40. The third-order valence-corrected chi connectivity index (χ3v) is 8.13. The molecule has 0 aromatic heterocycles. The first-order chi connectivity index (χ1) is 17.7. The number of carbonyl (C=O) groups is 1. The van der Waals surface area contributed by atoms with E-state index in [0.29, 0.717) is 12.8 Å². The van der Waals surface area contributed by atoms with E-state index in [4.69, 9.17) is 4.74 Å². The molecule has 0 fully saturated rings. The lowest BCUT2D eigenvalue weighted by Gasteiger charge is -2.34. The zero-order valence-corrected chi connectivity index (χ0v) is 23.3. The molecule has 3 heteroatoms. The van der Waals surface area contributed by atoms with E-state index in [1.54, 1.807) is 0 Å². The lowest BCUT2D eigenvalue weighted by atomic mass is 9.70. The number of aryl methyl sites for hydroxylation is 1. The van der Waals surface area contributed by atoms with Crippen molar-refractivity contribution in [3.8, 4) is 11.1 Å². The van der Waals surface area contributed by atoms with Crippen LogP contribution in [0.15, 0.2) is 72.8 Å². The van der Waals surface area contributed by atoms with Crippen molar-refractivity contribution in [2.24, 2.45) is 0 Å². The van der Waals surface area contributed by atoms with Crippen LogP contribution in [0.1, 0.15) is 81.2 Å². The molecule has 0 unspecified atom stereocenters. The average molecular weight is 499 g/mol. The number of rotatable bonds is 11. The summed E-state index contributed by atoms with van der Waals surface area (Å²) in [5.41, 5.74) is 7.44. The SMILES string of the molecule is CCC(O)(C=Cc1ccc(C(CC)(CC)c2ccc(-c3ccc(CC(=O)OC)cc3)cc2)cc1C)CC. The highest BCUT2D eigenvalue weighted by Gasteiger charge is 2.31. The Morgan fingerprint density at radius 3 is 1.84 bits per heavy atom. The topological polar surface area (TPSA) is 46.5 Å². The van der Waals surface area contributed by atoms with Crippen molar-refractivity contribution in [1.29, 1.82) is 0 Å². The minimum atomic E-state index is -0.745. The Bertz CT molecular complexity index is 1190. The highest BCUT2D eigenvalue weighted by atomic mass is 16.5. The molecule has 3 aromatic rings. The van der Waals surface area contributed by atoms with Crippen molar-refractivity contribution in [1.82, 2.24) is 0 Å². The molecule has 3 aromatic carbocycles. The predicted molar refractivity (Wildman–Crippen MR) is 155 cm³/mol. The van der Waals surface area contributed by atoms with Gasteiger partial charge in [0.25, 0.3) is 0 Å². The molecule has 0 aliphatic carbocycles. The zero-order valence-electron chi connectivity index (χ0n) is 23.3. The fourth-order valence-electron chi connectivity index (χ4n) is 5.16. The third kappa shape index (κ3) is 6.40. The van der Waals surface area contributed by atoms with Crippen LogP contribution in [0.4, 0.5) is 0 Å². The molecular formula is C34H42O3. The summed E-state index contributed by atoms with van der Waals surface area (Å²) < 4.78 is 4.77. The van der Waals surface area contributed by atoms with E-state index in [-0.39, 0.29) is 17.8 Å². The minimum Gasteiger partial charge on any atom is -0.469 e. The van der Waals surface area contributed by atoms with Crippen LogP contribution in [0.3, 0.4) is 0 Å². The Hall–Kier alpha value is -3.17. The number of benzene rings is 3.